The van der Waals surface area contributed by atoms with E-state index in [1.54, 1.807) is 34.6 Å². The van der Waals surface area contributed by atoms with Crippen molar-refractivity contribution in [3.63, 3.8) is 0 Å². The van der Waals surface area contributed by atoms with Crippen LogP contribution in [-0.2, 0) is 19.1 Å². The predicted molar refractivity (Wildman–Crippen MR) is 73.1 cm³/mol. The molecule has 0 bridgehead atoms. The molecule has 0 aliphatic rings. The monoisotopic (exact) mass is 288 g/mol. The largest absolute Gasteiger partial charge is 0.469 e. The van der Waals surface area contributed by atoms with E-state index >= 15 is 0 Å². The molecule has 0 aromatic heterocycles. The Morgan fingerprint density at radius 1 is 1.05 bits per heavy atom. The number of rotatable bonds is 5. The Balaban J connectivity index is 4.31. The highest BCUT2D eigenvalue weighted by Crippen LogP contribution is 2.09. The maximum absolute atomic E-state index is 11.9. The fourth-order valence-electron chi connectivity index (χ4n) is 1.22. The summed E-state index contributed by atoms with van der Waals surface area (Å²) in [5.74, 6) is -0.824. The molecule has 0 radical (unpaired) electrons. The summed E-state index contributed by atoms with van der Waals surface area (Å²) >= 11 is 0. The van der Waals surface area contributed by atoms with Gasteiger partial charge in [-0.05, 0) is 34.6 Å². The van der Waals surface area contributed by atoms with E-state index < -0.39 is 29.1 Å². The van der Waals surface area contributed by atoms with Gasteiger partial charge < -0.3 is 20.1 Å². The number of amides is 2. The molecule has 20 heavy (non-hydrogen) atoms. The molecule has 2 N–H and O–H groups in total. The lowest BCUT2D eigenvalue weighted by molar-refractivity contribution is -0.140. The first-order chi connectivity index (χ1) is 8.98. The van der Waals surface area contributed by atoms with Crippen molar-refractivity contribution >= 4 is 18.0 Å². The average Bonchev–Trinajstić information content (AvgIpc) is 2.24. The van der Waals surface area contributed by atoms with Crippen LogP contribution in [0.2, 0.25) is 0 Å². The van der Waals surface area contributed by atoms with Gasteiger partial charge in [0.15, 0.2) is 0 Å². The van der Waals surface area contributed by atoms with Gasteiger partial charge in [0, 0.05) is 6.54 Å². The van der Waals surface area contributed by atoms with Gasteiger partial charge in [-0.1, -0.05) is 0 Å². The number of methoxy groups -OCH3 is 1. The van der Waals surface area contributed by atoms with Gasteiger partial charge in [0.05, 0.1) is 13.5 Å². The van der Waals surface area contributed by atoms with Gasteiger partial charge in [0.1, 0.15) is 11.1 Å². The molecule has 0 rings (SSSR count). The molecule has 116 valence electrons. The van der Waals surface area contributed by atoms with E-state index in [-0.39, 0.29) is 13.0 Å². The van der Waals surface area contributed by atoms with Crippen molar-refractivity contribution in [3.05, 3.63) is 0 Å². The second-order valence-electron chi connectivity index (χ2n) is 5.83. The molecule has 0 aromatic carbocycles. The first kappa shape index (κ1) is 18.2. The maximum Gasteiger partial charge on any atom is 0.408 e. The van der Waals surface area contributed by atoms with Crippen LogP contribution in [0.4, 0.5) is 4.79 Å². The van der Waals surface area contributed by atoms with Crippen molar-refractivity contribution in [2.75, 3.05) is 13.7 Å². The third-order valence-electron chi connectivity index (χ3n) is 2.22. The SMILES string of the molecule is COC(=O)CCNC(=O)C(C)(C)NC(=O)OC(C)(C)C. The molecule has 7 nitrogen and oxygen atoms in total. The normalized spacial score (nSPS) is 11.5. The zero-order valence-electron chi connectivity index (χ0n) is 13.0. The van der Waals surface area contributed by atoms with Gasteiger partial charge in [-0.3, -0.25) is 9.59 Å². The predicted octanol–water partition coefficient (Wildman–Crippen LogP) is 0.969. The molecular weight excluding hydrogens is 264 g/mol. The van der Waals surface area contributed by atoms with Gasteiger partial charge in [-0.15, -0.1) is 0 Å². The van der Waals surface area contributed by atoms with E-state index in [4.69, 9.17) is 4.74 Å². The molecular formula is C13H24N2O5. The molecule has 0 heterocycles. The van der Waals surface area contributed by atoms with E-state index in [0.717, 1.165) is 0 Å². The second kappa shape index (κ2) is 7.12. The lowest BCUT2D eigenvalue weighted by Gasteiger charge is -2.27. The summed E-state index contributed by atoms with van der Waals surface area (Å²) in [5, 5.41) is 5.02. The summed E-state index contributed by atoms with van der Waals surface area (Å²) in [6, 6.07) is 0. The van der Waals surface area contributed by atoms with E-state index in [9.17, 15) is 14.4 Å². The summed E-state index contributed by atoms with van der Waals surface area (Å²) in [5.41, 5.74) is -1.78. The van der Waals surface area contributed by atoms with E-state index in [2.05, 4.69) is 15.4 Å². The van der Waals surface area contributed by atoms with E-state index in [0.29, 0.717) is 0 Å². The summed E-state index contributed by atoms with van der Waals surface area (Å²) in [6.45, 7) is 8.43. The fourth-order valence-corrected chi connectivity index (χ4v) is 1.22. The highest BCUT2D eigenvalue weighted by molar-refractivity contribution is 5.89. The third-order valence-corrected chi connectivity index (χ3v) is 2.22. The molecule has 0 atom stereocenters. The molecule has 7 heteroatoms. The summed E-state index contributed by atoms with van der Waals surface area (Å²) in [7, 11) is 1.28. The van der Waals surface area contributed by atoms with Crippen LogP contribution < -0.4 is 10.6 Å². The summed E-state index contributed by atoms with van der Waals surface area (Å²) in [4.78, 5) is 34.4. The Hall–Kier alpha value is -1.79. The minimum atomic E-state index is -1.14. The van der Waals surface area contributed by atoms with Crippen molar-refractivity contribution in [1.82, 2.24) is 10.6 Å². The first-order valence-corrected chi connectivity index (χ1v) is 6.34. The van der Waals surface area contributed by atoms with Crippen molar-refractivity contribution in [2.45, 2.75) is 52.2 Å². The van der Waals surface area contributed by atoms with Crippen LogP contribution in [0.3, 0.4) is 0 Å². The van der Waals surface area contributed by atoms with Crippen molar-refractivity contribution in [1.29, 1.82) is 0 Å². The van der Waals surface area contributed by atoms with Gasteiger partial charge in [-0.2, -0.15) is 0 Å². The number of hydrogen-bond donors (Lipinski definition) is 2. The van der Waals surface area contributed by atoms with Crippen LogP contribution in [-0.4, -0.2) is 42.8 Å². The second-order valence-corrected chi connectivity index (χ2v) is 5.83. The van der Waals surface area contributed by atoms with E-state index in [1.807, 2.05) is 0 Å². The number of nitrogens with one attached hydrogen (secondary N) is 2. The lowest BCUT2D eigenvalue weighted by atomic mass is 10.1. The zero-order valence-corrected chi connectivity index (χ0v) is 13.0. The molecule has 0 aliphatic carbocycles. The molecule has 0 aliphatic heterocycles. The Kier molecular flexibility index (Phi) is 6.48. The smallest absolute Gasteiger partial charge is 0.408 e. The molecule has 0 fully saturated rings. The highest BCUT2D eigenvalue weighted by Gasteiger charge is 2.31. The van der Waals surface area contributed by atoms with Crippen molar-refractivity contribution in [2.24, 2.45) is 0 Å². The van der Waals surface area contributed by atoms with Crippen LogP contribution in [0, 0.1) is 0 Å². The van der Waals surface area contributed by atoms with Crippen LogP contribution in [0.5, 0.6) is 0 Å². The average molecular weight is 288 g/mol. The number of ether oxygens (including phenoxy) is 2. The van der Waals surface area contributed by atoms with Gasteiger partial charge in [0.25, 0.3) is 0 Å². The highest BCUT2D eigenvalue weighted by atomic mass is 16.6. The topological polar surface area (TPSA) is 93.7 Å². The van der Waals surface area contributed by atoms with E-state index in [1.165, 1.54) is 7.11 Å². The van der Waals surface area contributed by atoms with Crippen LogP contribution in [0.15, 0.2) is 0 Å². The number of alkyl carbamates (subject to hydrolysis) is 1. The van der Waals surface area contributed by atoms with Crippen LogP contribution in [0.25, 0.3) is 0 Å². The Bertz CT molecular complexity index is 371. The van der Waals surface area contributed by atoms with Crippen molar-refractivity contribution < 1.29 is 23.9 Å². The van der Waals surface area contributed by atoms with Crippen LogP contribution >= 0.6 is 0 Å². The van der Waals surface area contributed by atoms with Gasteiger partial charge >= 0.3 is 12.1 Å². The molecule has 0 aromatic rings. The molecule has 0 unspecified atom stereocenters. The third kappa shape index (κ3) is 7.60. The van der Waals surface area contributed by atoms with Crippen LogP contribution in [0.1, 0.15) is 41.0 Å². The van der Waals surface area contributed by atoms with Gasteiger partial charge in [0.2, 0.25) is 5.91 Å². The molecule has 2 amide bonds. The Morgan fingerprint density at radius 2 is 1.60 bits per heavy atom. The number of carbonyl (C=O) groups is 3. The Morgan fingerprint density at radius 3 is 2.05 bits per heavy atom. The van der Waals surface area contributed by atoms with Gasteiger partial charge in [-0.25, -0.2) is 4.79 Å². The quantitative estimate of drug-likeness (QED) is 0.735. The molecule has 0 saturated carbocycles. The minimum Gasteiger partial charge on any atom is -0.469 e. The number of hydrogen-bond acceptors (Lipinski definition) is 5. The summed E-state index contributed by atoms with van der Waals surface area (Å²) < 4.78 is 9.54. The number of esters is 1. The first-order valence-electron chi connectivity index (χ1n) is 6.34. The fraction of sp³-hybridized carbons (Fsp3) is 0.769. The summed E-state index contributed by atoms with van der Waals surface area (Å²) in [6.07, 6.45) is -0.601. The standard InChI is InChI=1S/C13H24N2O5/c1-12(2,3)20-11(18)15-13(4,5)10(17)14-8-7-9(16)19-6/h7-8H2,1-6H3,(H,14,17)(H,15,18). The molecule has 0 spiro atoms. The maximum atomic E-state index is 11.9. The zero-order chi connectivity index (χ0) is 16.0. The minimum absolute atomic E-state index is 0.0742. The van der Waals surface area contributed by atoms with Crippen molar-refractivity contribution in [3.8, 4) is 0 Å². The lowest BCUT2D eigenvalue weighted by Crippen LogP contribution is -2.55. The Labute approximate surface area is 119 Å². The number of carbonyl (C=O) groups excluding carboxylic acids is 3. The molecule has 0 saturated heterocycles.